The number of likely N-dealkylation sites (tertiary alicyclic amines) is 1. The average Bonchev–Trinajstić information content (AvgIpc) is 3.06. The van der Waals surface area contributed by atoms with Gasteiger partial charge in [-0.25, -0.2) is 4.79 Å². The van der Waals surface area contributed by atoms with Crippen molar-refractivity contribution in [2.24, 2.45) is 0 Å². The molecule has 1 aromatic heterocycles. The van der Waals surface area contributed by atoms with Gasteiger partial charge in [0, 0.05) is 25.7 Å². The van der Waals surface area contributed by atoms with Crippen molar-refractivity contribution in [3.63, 3.8) is 0 Å². The van der Waals surface area contributed by atoms with Crippen molar-refractivity contribution in [2.45, 2.75) is 37.1 Å². The molecule has 0 radical (unpaired) electrons. The maximum Gasteiger partial charge on any atom is 0.419 e. The SMILES string of the molecule is O=C(O)N1CCC2(CC1)CC(n1cc(C(F)(F)F)cn1)CO2. The molecule has 1 N–H and O–H groups in total. The van der Waals surface area contributed by atoms with E-state index in [4.69, 9.17) is 9.84 Å². The van der Waals surface area contributed by atoms with Gasteiger partial charge < -0.3 is 14.7 Å². The van der Waals surface area contributed by atoms with Crippen LogP contribution in [0.25, 0.3) is 0 Å². The maximum absolute atomic E-state index is 12.6. The Bertz CT molecular complexity index is 564. The molecule has 9 heteroatoms. The normalized spacial score (nSPS) is 24.9. The Hall–Kier alpha value is -1.77. The Morgan fingerprint density at radius 1 is 1.41 bits per heavy atom. The predicted octanol–water partition coefficient (Wildman–Crippen LogP) is 2.38. The Kier molecular flexibility index (Phi) is 3.54. The molecule has 0 aliphatic carbocycles. The van der Waals surface area contributed by atoms with Crippen LogP contribution in [0, 0.1) is 0 Å². The van der Waals surface area contributed by atoms with Gasteiger partial charge in [-0.15, -0.1) is 0 Å². The van der Waals surface area contributed by atoms with Crippen molar-refractivity contribution >= 4 is 6.09 Å². The largest absolute Gasteiger partial charge is 0.465 e. The van der Waals surface area contributed by atoms with Crippen LogP contribution in [-0.4, -0.2) is 51.2 Å². The third kappa shape index (κ3) is 2.77. The van der Waals surface area contributed by atoms with Crippen LogP contribution in [-0.2, 0) is 10.9 Å². The first-order chi connectivity index (χ1) is 10.3. The van der Waals surface area contributed by atoms with Crippen LogP contribution in [0.3, 0.4) is 0 Å². The van der Waals surface area contributed by atoms with E-state index in [-0.39, 0.29) is 6.04 Å². The number of hydrogen-bond acceptors (Lipinski definition) is 3. The van der Waals surface area contributed by atoms with Crippen LogP contribution < -0.4 is 0 Å². The lowest BCUT2D eigenvalue weighted by atomic mass is 9.87. The van der Waals surface area contributed by atoms with Crippen molar-refractivity contribution in [1.29, 1.82) is 0 Å². The Balaban J connectivity index is 1.65. The molecule has 22 heavy (non-hydrogen) atoms. The molecule has 1 aromatic rings. The summed E-state index contributed by atoms with van der Waals surface area (Å²) in [5.41, 5.74) is -1.21. The van der Waals surface area contributed by atoms with E-state index in [1.165, 1.54) is 9.58 Å². The summed E-state index contributed by atoms with van der Waals surface area (Å²) in [5.74, 6) is 0. The van der Waals surface area contributed by atoms with Gasteiger partial charge in [0.15, 0.2) is 0 Å². The molecule has 2 saturated heterocycles. The quantitative estimate of drug-likeness (QED) is 0.863. The third-order valence-corrected chi connectivity index (χ3v) is 4.44. The van der Waals surface area contributed by atoms with E-state index in [0.717, 1.165) is 12.4 Å². The molecule has 1 atom stereocenters. The van der Waals surface area contributed by atoms with Crippen molar-refractivity contribution in [1.82, 2.24) is 14.7 Å². The van der Waals surface area contributed by atoms with Gasteiger partial charge in [-0.1, -0.05) is 0 Å². The second-order valence-electron chi connectivity index (χ2n) is 5.83. The molecule has 6 nitrogen and oxygen atoms in total. The third-order valence-electron chi connectivity index (χ3n) is 4.44. The van der Waals surface area contributed by atoms with Gasteiger partial charge in [-0.2, -0.15) is 18.3 Å². The summed E-state index contributed by atoms with van der Waals surface area (Å²) in [7, 11) is 0. The lowest BCUT2D eigenvalue weighted by Crippen LogP contribution is -2.46. The van der Waals surface area contributed by atoms with Gasteiger partial charge >= 0.3 is 12.3 Å². The number of nitrogens with zero attached hydrogens (tertiary/aromatic N) is 3. The average molecular weight is 319 g/mol. The molecular weight excluding hydrogens is 303 g/mol. The fraction of sp³-hybridized carbons (Fsp3) is 0.692. The topological polar surface area (TPSA) is 67.6 Å². The molecule has 1 unspecified atom stereocenters. The first-order valence-corrected chi connectivity index (χ1v) is 7.02. The molecule has 1 amide bonds. The van der Waals surface area contributed by atoms with Crippen LogP contribution in [0.5, 0.6) is 0 Å². The van der Waals surface area contributed by atoms with Crippen LogP contribution in [0.1, 0.15) is 30.9 Å². The van der Waals surface area contributed by atoms with E-state index < -0.39 is 23.4 Å². The number of rotatable bonds is 1. The first-order valence-electron chi connectivity index (χ1n) is 7.02. The highest BCUT2D eigenvalue weighted by Gasteiger charge is 2.44. The number of amides is 1. The number of halogens is 3. The number of aromatic nitrogens is 2. The molecule has 0 bridgehead atoms. The van der Waals surface area contributed by atoms with E-state index in [2.05, 4.69) is 5.10 Å². The number of piperidine rings is 1. The van der Waals surface area contributed by atoms with E-state index in [1.54, 1.807) is 0 Å². The molecule has 3 heterocycles. The highest BCUT2D eigenvalue weighted by Crippen LogP contribution is 2.41. The van der Waals surface area contributed by atoms with Crippen molar-refractivity contribution in [3.05, 3.63) is 18.0 Å². The number of hydrogen-bond donors (Lipinski definition) is 1. The highest BCUT2D eigenvalue weighted by atomic mass is 19.4. The van der Waals surface area contributed by atoms with Crippen molar-refractivity contribution < 1.29 is 27.8 Å². The van der Waals surface area contributed by atoms with E-state index >= 15 is 0 Å². The molecule has 0 saturated carbocycles. The number of alkyl halides is 3. The smallest absolute Gasteiger partial charge is 0.419 e. The molecule has 1 spiro atoms. The fourth-order valence-corrected chi connectivity index (χ4v) is 3.13. The van der Waals surface area contributed by atoms with Crippen LogP contribution >= 0.6 is 0 Å². The Morgan fingerprint density at radius 2 is 2.09 bits per heavy atom. The zero-order chi connectivity index (χ0) is 16.0. The monoisotopic (exact) mass is 319 g/mol. The summed E-state index contributed by atoms with van der Waals surface area (Å²) in [6.45, 7) is 1.07. The maximum atomic E-state index is 12.6. The minimum Gasteiger partial charge on any atom is -0.465 e. The molecule has 2 aliphatic rings. The summed E-state index contributed by atoms with van der Waals surface area (Å²) in [6.07, 6.45) is -1.86. The lowest BCUT2D eigenvalue weighted by molar-refractivity contribution is -0.137. The van der Waals surface area contributed by atoms with Crippen molar-refractivity contribution in [3.8, 4) is 0 Å². The second-order valence-corrected chi connectivity index (χ2v) is 5.83. The van der Waals surface area contributed by atoms with Gasteiger partial charge in [0.2, 0.25) is 0 Å². The predicted molar refractivity (Wildman–Crippen MR) is 68.4 cm³/mol. The minimum absolute atomic E-state index is 0.243. The van der Waals surface area contributed by atoms with Gasteiger partial charge in [-0.05, 0) is 12.8 Å². The molecule has 122 valence electrons. The Labute approximate surface area is 124 Å². The van der Waals surface area contributed by atoms with Crippen LogP contribution in [0.2, 0.25) is 0 Å². The first kappa shape index (κ1) is 15.1. The number of carbonyl (C=O) groups is 1. The van der Waals surface area contributed by atoms with E-state index in [9.17, 15) is 18.0 Å². The minimum atomic E-state index is -4.40. The van der Waals surface area contributed by atoms with Crippen LogP contribution in [0.15, 0.2) is 12.4 Å². The summed E-state index contributed by atoms with van der Waals surface area (Å²) in [6, 6.07) is -0.243. The van der Waals surface area contributed by atoms with E-state index in [0.29, 0.717) is 39.0 Å². The molecule has 3 rings (SSSR count). The molecule has 2 fully saturated rings. The lowest BCUT2D eigenvalue weighted by Gasteiger charge is -2.37. The summed E-state index contributed by atoms with van der Waals surface area (Å²) in [5, 5.41) is 12.7. The summed E-state index contributed by atoms with van der Waals surface area (Å²) in [4.78, 5) is 12.2. The standard InChI is InChI=1S/C13H16F3N3O3/c14-13(15,16)9-6-17-19(7-9)10-5-12(22-8-10)1-3-18(4-2-12)11(20)21/h6-7,10H,1-5,8H2,(H,20,21). The fourth-order valence-electron chi connectivity index (χ4n) is 3.13. The number of carboxylic acid groups (broad SMARTS) is 1. The van der Waals surface area contributed by atoms with Crippen molar-refractivity contribution in [2.75, 3.05) is 19.7 Å². The highest BCUT2D eigenvalue weighted by molar-refractivity contribution is 5.65. The van der Waals surface area contributed by atoms with Gasteiger partial charge in [0.1, 0.15) is 0 Å². The summed E-state index contributed by atoms with van der Waals surface area (Å²) >= 11 is 0. The molecular formula is C13H16F3N3O3. The van der Waals surface area contributed by atoms with Gasteiger partial charge in [0.05, 0.1) is 30.0 Å². The molecule has 0 aromatic carbocycles. The molecule has 2 aliphatic heterocycles. The number of ether oxygens (including phenoxy) is 1. The second kappa shape index (κ2) is 5.15. The zero-order valence-corrected chi connectivity index (χ0v) is 11.7. The van der Waals surface area contributed by atoms with Gasteiger partial charge in [0.25, 0.3) is 0 Å². The Morgan fingerprint density at radius 3 is 2.64 bits per heavy atom. The zero-order valence-electron chi connectivity index (χ0n) is 11.7. The summed E-state index contributed by atoms with van der Waals surface area (Å²) < 4.78 is 44.9. The van der Waals surface area contributed by atoms with Gasteiger partial charge in [-0.3, -0.25) is 4.68 Å². The van der Waals surface area contributed by atoms with E-state index in [1.807, 2.05) is 0 Å². The van der Waals surface area contributed by atoms with Crippen LogP contribution in [0.4, 0.5) is 18.0 Å².